The fourth-order valence-corrected chi connectivity index (χ4v) is 9.80. The van der Waals surface area contributed by atoms with E-state index >= 15 is 0 Å². The number of sulfone groups is 1. The van der Waals surface area contributed by atoms with E-state index in [1.165, 1.54) is 58.1 Å². The van der Waals surface area contributed by atoms with Crippen LogP contribution < -0.4 is 9.64 Å². The number of hydrogen-bond donors (Lipinski definition) is 0. The minimum atomic E-state index is -3.88. The minimum absolute atomic E-state index is 0.198. The molecule has 1 aliphatic carbocycles. The Labute approximate surface area is 277 Å². The third-order valence-electron chi connectivity index (χ3n) is 10.6. The molecule has 0 bridgehead atoms. The Morgan fingerprint density at radius 1 is 0.804 bits per heavy atom. The van der Waals surface area contributed by atoms with E-state index < -0.39 is 21.0 Å². The molecule has 2 aromatic carbocycles. The number of likely N-dealkylation sites (tertiary alicyclic amines) is 1. The van der Waals surface area contributed by atoms with Gasteiger partial charge in [-0.05, 0) is 106 Å². The summed E-state index contributed by atoms with van der Waals surface area (Å²) in [4.78, 5) is 16.0. The fourth-order valence-electron chi connectivity index (χ4n) is 7.83. The average Bonchev–Trinajstić information content (AvgIpc) is 3.94. The maximum atomic E-state index is 14.2. The summed E-state index contributed by atoms with van der Waals surface area (Å²) >= 11 is -1.20. The monoisotopic (exact) mass is 665 g/mol. The Bertz CT molecular complexity index is 1610. The lowest BCUT2D eigenvalue weighted by Gasteiger charge is -2.46. The van der Waals surface area contributed by atoms with Crippen LogP contribution in [0.2, 0.25) is 0 Å². The van der Waals surface area contributed by atoms with Gasteiger partial charge in [-0.2, -0.15) is 0 Å². The number of benzene rings is 2. The third-order valence-corrected chi connectivity index (χ3v) is 13.3. The molecule has 3 aromatic rings. The minimum Gasteiger partial charge on any atom is -0.612 e. The SMILES string of the molecule is CCOc1ccc(S(=O)(=O)c2cnc3ccc([S+](C)[O-])cc3c2N2CCC(N3CCC(N4CCN(C5CC5)CC4)CC3)CC2)cc1. The molecule has 46 heavy (non-hydrogen) atoms. The third kappa shape index (κ3) is 6.64. The second-order valence-electron chi connectivity index (χ2n) is 13.3. The van der Waals surface area contributed by atoms with E-state index in [9.17, 15) is 13.0 Å². The molecule has 0 radical (unpaired) electrons. The molecule has 1 unspecified atom stereocenters. The molecular formula is C35H47N5O4S2. The number of nitrogens with zero attached hydrogens (tertiary/aromatic N) is 5. The van der Waals surface area contributed by atoms with Crippen molar-refractivity contribution in [1.82, 2.24) is 19.7 Å². The van der Waals surface area contributed by atoms with Gasteiger partial charge in [0.2, 0.25) is 9.84 Å². The maximum Gasteiger partial charge on any atom is 0.210 e. The van der Waals surface area contributed by atoms with Gasteiger partial charge < -0.3 is 19.1 Å². The topological polar surface area (TPSA) is 92.3 Å². The number of pyridine rings is 1. The summed E-state index contributed by atoms with van der Waals surface area (Å²) in [5, 5.41) is 0.737. The van der Waals surface area contributed by atoms with Crippen LogP contribution in [0.25, 0.3) is 10.9 Å². The highest BCUT2D eigenvalue weighted by molar-refractivity contribution is 7.91. The lowest BCUT2D eigenvalue weighted by Crippen LogP contribution is -2.55. The molecule has 4 fully saturated rings. The maximum absolute atomic E-state index is 14.2. The molecular weight excluding hydrogens is 619 g/mol. The van der Waals surface area contributed by atoms with Gasteiger partial charge >= 0.3 is 0 Å². The van der Waals surface area contributed by atoms with Gasteiger partial charge in [-0.25, -0.2) is 8.42 Å². The Kier molecular flexibility index (Phi) is 9.51. The molecule has 1 atom stereocenters. The van der Waals surface area contributed by atoms with Crippen molar-refractivity contribution in [1.29, 1.82) is 0 Å². The Morgan fingerprint density at radius 3 is 1.93 bits per heavy atom. The first kappa shape index (κ1) is 32.2. The van der Waals surface area contributed by atoms with Crippen LogP contribution in [0.15, 0.2) is 63.3 Å². The van der Waals surface area contributed by atoms with Crippen molar-refractivity contribution in [3.63, 3.8) is 0 Å². The number of hydrogen-bond acceptors (Lipinski definition) is 9. The molecule has 0 N–H and O–H groups in total. The highest BCUT2D eigenvalue weighted by Crippen LogP contribution is 2.39. The van der Waals surface area contributed by atoms with Crippen LogP contribution in [0.1, 0.15) is 45.4 Å². The van der Waals surface area contributed by atoms with E-state index in [0.29, 0.717) is 40.5 Å². The van der Waals surface area contributed by atoms with E-state index in [1.807, 2.05) is 25.1 Å². The van der Waals surface area contributed by atoms with Gasteiger partial charge in [-0.3, -0.25) is 14.8 Å². The molecule has 1 saturated carbocycles. The molecule has 248 valence electrons. The summed E-state index contributed by atoms with van der Waals surface area (Å²) in [6.07, 6.45) is 10.4. The molecule has 3 saturated heterocycles. The van der Waals surface area contributed by atoms with Crippen LogP contribution in [0.3, 0.4) is 0 Å². The summed E-state index contributed by atoms with van der Waals surface area (Å²) < 4.78 is 46.4. The number of fused-ring (bicyclic) bond motifs is 1. The zero-order chi connectivity index (χ0) is 31.8. The highest BCUT2D eigenvalue weighted by Gasteiger charge is 2.36. The van der Waals surface area contributed by atoms with Crippen LogP contribution in [-0.4, -0.2) is 116 Å². The normalized spacial score (nSPS) is 22.4. The van der Waals surface area contributed by atoms with Gasteiger partial charge in [0.1, 0.15) is 16.9 Å². The summed E-state index contributed by atoms with van der Waals surface area (Å²) in [5.74, 6) is 0.635. The van der Waals surface area contributed by atoms with Crippen LogP contribution >= 0.6 is 0 Å². The van der Waals surface area contributed by atoms with Gasteiger partial charge in [0.05, 0.1) is 22.7 Å². The predicted octanol–water partition coefficient (Wildman–Crippen LogP) is 4.42. The first-order chi connectivity index (χ1) is 22.3. The molecule has 11 heteroatoms. The zero-order valence-corrected chi connectivity index (χ0v) is 28.8. The number of anilines is 1. The largest absolute Gasteiger partial charge is 0.612 e. The first-order valence-electron chi connectivity index (χ1n) is 17.0. The first-order valence-corrected chi connectivity index (χ1v) is 20.1. The second kappa shape index (κ2) is 13.6. The Balaban J connectivity index is 1.08. The Morgan fingerprint density at radius 2 is 1.37 bits per heavy atom. The number of rotatable bonds is 9. The lowest BCUT2D eigenvalue weighted by atomic mass is 9.96. The van der Waals surface area contributed by atoms with Crippen LogP contribution in [0, 0.1) is 0 Å². The summed E-state index contributed by atoms with van der Waals surface area (Å²) in [7, 11) is -3.88. The van der Waals surface area contributed by atoms with Crippen molar-refractivity contribution in [2.24, 2.45) is 0 Å². The molecule has 4 aliphatic rings. The van der Waals surface area contributed by atoms with Gasteiger partial charge in [0.25, 0.3) is 0 Å². The van der Waals surface area contributed by atoms with Crippen molar-refractivity contribution < 1.29 is 17.7 Å². The summed E-state index contributed by atoms with van der Waals surface area (Å²) in [6.45, 7) is 11.1. The molecule has 4 heterocycles. The van der Waals surface area contributed by atoms with Crippen molar-refractivity contribution in [2.45, 2.75) is 78.3 Å². The van der Waals surface area contributed by atoms with Gasteiger partial charge in [-0.15, -0.1) is 0 Å². The van der Waals surface area contributed by atoms with Gasteiger partial charge in [0, 0.05) is 75.0 Å². The molecule has 0 spiro atoms. The lowest BCUT2D eigenvalue weighted by molar-refractivity contribution is 0.0416. The number of ether oxygens (including phenoxy) is 1. The van der Waals surface area contributed by atoms with E-state index in [-0.39, 0.29) is 9.79 Å². The molecule has 0 amide bonds. The van der Waals surface area contributed by atoms with Crippen LogP contribution in [-0.2, 0) is 21.0 Å². The number of piperidine rings is 2. The highest BCUT2D eigenvalue weighted by atomic mass is 32.2. The van der Waals surface area contributed by atoms with Gasteiger partial charge in [-0.1, -0.05) is 0 Å². The predicted molar refractivity (Wildman–Crippen MR) is 183 cm³/mol. The summed E-state index contributed by atoms with van der Waals surface area (Å²) in [5.41, 5.74) is 1.38. The van der Waals surface area contributed by atoms with Gasteiger partial charge in [0.15, 0.2) is 4.90 Å². The van der Waals surface area contributed by atoms with Crippen molar-refractivity contribution in [3.05, 3.63) is 48.7 Å². The quantitative estimate of drug-likeness (QED) is 0.308. The number of aromatic nitrogens is 1. The van der Waals surface area contributed by atoms with Crippen LogP contribution in [0.4, 0.5) is 5.69 Å². The second-order valence-corrected chi connectivity index (χ2v) is 16.6. The Hall–Kier alpha value is -2.41. The molecule has 9 nitrogen and oxygen atoms in total. The standard InChI is InChI=1S/C35H47N5O4S2/c1-3-44-29-6-9-31(10-7-29)46(42,43)34-25-36-33-11-8-30(45(2)41)24-32(33)35(34)40-18-14-27(15-19-40)37-16-12-28(13-17-37)39-22-20-38(21-23-39)26-4-5-26/h6-11,24-28H,3-5,12-23H2,1-2H3. The van der Waals surface area contributed by atoms with E-state index in [2.05, 4.69) is 24.6 Å². The molecule has 1 aromatic heterocycles. The molecule has 7 rings (SSSR count). The number of piperazine rings is 1. The van der Waals surface area contributed by atoms with Crippen molar-refractivity contribution in [3.8, 4) is 5.75 Å². The smallest absolute Gasteiger partial charge is 0.210 e. The fraction of sp³-hybridized carbons (Fsp3) is 0.571. The zero-order valence-electron chi connectivity index (χ0n) is 27.1. The average molecular weight is 666 g/mol. The van der Waals surface area contributed by atoms with E-state index in [4.69, 9.17) is 4.74 Å². The molecule has 3 aliphatic heterocycles. The van der Waals surface area contributed by atoms with Crippen LogP contribution in [0.5, 0.6) is 5.75 Å². The van der Waals surface area contributed by atoms with E-state index in [0.717, 1.165) is 50.4 Å². The van der Waals surface area contributed by atoms with Crippen molar-refractivity contribution in [2.75, 3.05) is 70.1 Å². The summed E-state index contributed by atoms with van der Waals surface area (Å²) in [6, 6.07) is 14.2. The van der Waals surface area contributed by atoms with Crippen molar-refractivity contribution >= 4 is 37.6 Å². The van der Waals surface area contributed by atoms with E-state index in [1.54, 1.807) is 30.5 Å².